The highest BCUT2D eigenvalue weighted by Crippen LogP contribution is 2.50. The Morgan fingerprint density at radius 3 is 2.73 bits per heavy atom. The zero-order valence-electron chi connectivity index (χ0n) is 16.5. The summed E-state index contributed by atoms with van der Waals surface area (Å²) in [6.45, 7) is 2.59. The first-order valence-corrected chi connectivity index (χ1v) is 9.44. The van der Waals surface area contributed by atoms with Crippen LogP contribution in [0.1, 0.15) is 39.3 Å². The van der Waals surface area contributed by atoms with Crippen LogP contribution < -0.4 is 11.4 Å². The van der Waals surface area contributed by atoms with Crippen LogP contribution in [-0.4, -0.2) is 48.8 Å². The minimum atomic E-state index is -0.991. The van der Waals surface area contributed by atoms with Gasteiger partial charge in [0.2, 0.25) is 5.95 Å². The maximum absolute atomic E-state index is 13.2. The van der Waals surface area contributed by atoms with E-state index in [1.54, 1.807) is 0 Å². The Morgan fingerprint density at radius 1 is 1.40 bits per heavy atom. The lowest BCUT2D eigenvalue weighted by Gasteiger charge is -2.23. The van der Waals surface area contributed by atoms with E-state index < -0.39 is 41.7 Å². The van der Waals surface area contributed by atoms with Crippen molar-refractivity contribution in [1.82, 2.24) is 19.1 Å². The lowest BCUT2D eigenvalue weighted by molar-refractivity contribution is -0.162. The van der Waals surface area contributed by atoms with Crippen LogP contribution in [-0.2, 0) is 30.3 Å². The fourth-order valence-electron chi connectivity index (χ4n) is 3.97. The molecule has 11 nitrogen and oxygen atoms in total. The van der Waals surface area contributed by atoms with E-state index >= 15 is 0 Å². The van der Waals surface area contributed by atoms with Gasteiger partial charge in [-0.25, -0.2) is 14.3 Å². The molecule has 30 heavy (non-hydrogen) atoms. The lowest BCUT2D eigenvalue weighted by atomic mass is 10.1. The van der Waals surface area contributed by atoms with Gasteiger partial charge in [-0.15, -0.1) is 6.42 Å². The summed E-state index contributed by atoms with van der Waals surface area (Å²) in [5.41, 5.74) is 5.04. The van der Waals surface area contributed by atoms with Crippen LogP contribution in [0.5, 0.6) is 0 Å². The maximum atomic E-state index is 13.2. The van der Waals surface area contributed by atoms with Gasteiger partial charge in [-0.2, -0.15) is 4.98 Å². The smallest absolute Gasteiger partial charge is 0.333 e. The number of nitrogens with two attached hydrogens (primary N) is 1. The summed E-state index contributed by atoms with van der Waals surface area (Å²) in [5, 5.41) is 0. The summed E-state index contributed by atoms with van der Waals surface area (Å²) >= 11 is 0. The molecule has 0 bridgehead atoms. The van der Waals surface area contributed by atoms with Gasteiger partial charge in [0.15, 0.2) is 11.9 Å². The summed E-state index contributed by atoms with van der Waals surface area (Å²) in [6.07, 6.45) is 5.99. The highest BCUT2D eigenvalue weighted by molar-refractivity contribution is 5.72. The van der Waals surface area contributed by atoms with Crippen molar-refractivity contribution >= 4 is 29.1 Å². The van der Waals surface area contributed by atoms with Gasteiger partial charge in [0, 0.05) is 20.3 Å². The average molecular weight is 415 g/mol. The van der Waals surface area contributed by atoms with Gasteiger partial charge >= 0.3 is 17.6 Å². The number of nitrogens with zero attached hydrogens (tertiary/aromatic N) is 4. The predicted octanol–water partition coefficient (Wildman–Crippen LogP) is 0.123. The fourth-order valence-corrected chi connectivity index (χ4v) is 3.97. The van der Waals surface area contributed by atoms with Crippen molar-refractivity contribution in [2.45, 2.75) is 63.7 Å². The zero-order chi connectivity index (χ0) is 21.6. The first kappa shape index (κ1) is 19.9. The van der Waals surface area contributed by atoms with Gasteiger partial charge in [0.1, 0.15) is 23.3 Å². The first-order chi connectivity index (χ1) is 14.3. The third kappa shape index (κ3) is 3.29. The molecule has 2 N–H and O–H groups in total. The van der Waals surface area contributed by atoms with Crippen molar-refractivity contribution < 1.29 is 23.8 Å². The number of hydrogen-bond acceptors (Lipinski definition) is 9. The predicted molar refractivity (Wildman–Crippen MR) is 103 cm³/mol. The minimum Gasteiger partial charge on any atom is -0.458 e. The summed E-state index contributed by atoms with van der Waals surface area (Å²) in [4.78, 5) is 44.5. The van der Waals surface area contributed by atoms with Gasteiger partial charge in [-0.05, 0) is 12.8 Å². The molecule has 1 aliphatic carbocycles. The highest BCUT2D eigenvalue weighted by Gasteiger charge is 2.59. The molecule has 3 heterocycles. The average Bonchev–Trinajstić information content (AvgIpc) is 3.24. The van der Waals surface area contributed by atoms with E-state index in [-0.39, 0.29) is 24.6 Å². The SMILES string of the molecule is C#CCn1c(=O)n([C@@H]2O[C@H](C3(OC(C)=O)CC3)C[C@H]2OC(C)=O)c2nc(N)ncc21. The monoisotopic (exact) mass is 415 g/mol. The number of carbonyl (C=O) groups is 2. The second-order valence-corrected chi connectivity index (χ2v) is 7.44. The number of carbonyl (C=O) groups excluding carboxylic acids is 2. The largest absolute Gasteiger partial charge is 0.458 e. The molecule has 0 amide bonds. The quantitative estimate of drug-likeness (QED) is 0.532. The lowest BCUT2D eigenvalue weighted by Crippen LogP contribution is -2.34. The molecule has 0 unspecified atom stereocenters. The van der Waals surface area contributed by atoms with Crippen LogP contribution in [0.25, 0.3) is 11.2 Å². The van der Waals surface area contributed by atoms with Crippen molar-refractivity contribution in [1.29, 1.82) is 0 Å². The number of esters is 2. The van der Waals surface area contributed by atoms with Crippen molar-refractivity contribution in [3.63, 3.8) is 0 Å². The van der Waals surface area contributed by atoms with Gasteiger partial charge in [0.25, 0.3) is 0 Å². The number of ether oxygens (including phenoxy) is 3. The number of anilines is 1. The minimum absolute atomic E-state index is 0.0125. The molecule has 3 atom stereocenters. The van der Waals surface area contributed by atoms with Crippen molar-refractivity contribution in [3.8, 4) is 12.3 Å². The van der Waals surface area contributed by atoms with Crippen molar-refractivity contribution in [2.24, 2.45) is 0 Å². The van der Waals surface area contributed by atoms with E-state index in [1.165, 1.54) is 29.2 Å². The zero-order valence-corrected chi connectivity index (χ0v) is 16.5. The van der Waals surface area contributed by atoms with Gasteiger partial charge in [0.05, 0.1) is 12.7 Å². The Kier molecular flexibility index (Phi) is 4.74. The number of aromatic nitrogens is 4. The third-order valence-corrected chi connectivity index (χ3v) is 5.29. The summed E-state index contributed by atoms with van der Waals surface area (Å²) in [5.74, 6) is 1.44. The summed E-state index contributed by atoms with van der Waals surface area (Å²) < 4.78 is 19.7. The molecule has 1 saturated heterocycles. The summed E-state index contributed by atoms with van der Waals surface area (Å²) in [7, 11) is 0. The second kappa shape index (κ2) is 7.14. The molecule has 1 saturated carbocycles. The van der Waals surface area contributed by atoms with E-state index in [9.17, 15) is 14.4 Å². The molecule has 0 spiro atoms. The van der Waals surface area contributed by atoms with E-state index in [4.69, 9.17) is 26.4 Å². The van der Waals surface area contributed by atoms with Crippen LogP contribution in [0.15, 0.2) is 11.0 Å². The third-order valence-electron chi connectivity index (χ3n) is 5.29. The Hall–Kier alpha value is -3.39. The van der Waals surface area contributed by atoms with Crippen molar-refractivity contribution in [3.05, 3.63) is 16.7 Å². The Bertz CT molecular complexity index is 1120. The van der Waals surface area contributed by atoms with Crippen LogP contribution in [0.3, 0.4) is 0 Å². The molecule has 0 aromatic carbocycles. The maximum Gasteiger partial charge on any atom is 0.333 e. The Morgan fingerprint density at radius 2 is 2.13 bits per heavy atom. The van der Waals surface area contributed by atoms with Gasteiger partial charge < -0.3 is 19.9 Å². The normalized spacial score (nSPS) is 24.4. The number of rotatable bonds is 5. The number of terminal acetylenes is 1. The molecule has 2 fully saturated rings. The molecule has 2 aromatic heterocycles. The number of hydrogen-bond donors (Lipinski definition) is 1. The first-order valence-electron chi connectivity index (χ1n) is 9.44. The molecule has 2 aromatic rings. The standard InChI is InChI=1S/C19H21N5O6/c1-4-7-23-12-9-21-17(20)22-15(12)24(18(23)27)16-13(28-10(2)25)8-14(29-16)19(5-6-19)30-11(3)26/h1,9,13-14,16H,5-8H2,2-3H3,(H2,20,21,22)/t13-,14+,16-/m1/s1. The number of nitrogen functional groups attached to an aromatic ring is 1. The number of fused-ring (bicyclic) bond motifs is 1. The molecule has 11 heteroatoms. The van der Waals surface area contributed by atoms with Crippen LogP contribution in [0.2, 0.25) is 0 Å². The van der Waals surface area contributed by atoms with Crippen LogP contribution in [0, 0.1) is 12.3 Å². The van der Waals surface area contributed by atoms with E-state index in [0.29, 0.717) is 18.4 Å². The molecule has 4 rings (SSSR count). The summed E-state index contributed by atoms with van der Waals surface area (Å²) in [6, 6.07) is 0. The molecule has 2 aliphatic rings. The van der Waals surface area contributed by atoms with E-state index in [0.717, 1.165) is 0 Å². The van der Waals surface area contributed by atoms with Gasteiger partial charge in [-0.3, -0.25) is 14.2 Å². The molecular weight excluding hydrogens is 394 g/mol. The number of imidazole rings is 1. The second-order valence-electron chi connectivity index (χ2n) is 7.44. The van der Waals surface area contributed by atoms with E-state index in [2.05, 4.69) is 15.9 Å². The highest BCUT2D eigenvalue weighted by atomic mass is 16.6. The topological polar surface area (TPSA) is 141 Å². The Labute approximate surface area is 171 Å². The fraction of sp³-hybridized carbons (Fsp3) is 0.526. The van der Waals surface area contributed by atoms with Crippen LogP contribution in [0.4, 0.5) is 5.95 Å². The Balaban J connectivity index is 1.80. The molecular formula is C19H21N5O6. The molecule has 158 valence electrons. The molecule has 1 aliphatic heterocycles. The molecule has 0 radical (unpaired) electrons. The van der Waals surface area contributed by atoms with Crippen LogP contribution >= 0.6 is 0 Å². The van der Waals surface area contributed by atoms with E-state index in [1.807, 2.05) is 0 Å². The van der Waals surface area contributed by atoms with Crippen molar-refractivity contribution in [2.75, 3.05) is 5.73 Å². The van der Waals surface area contributed by atoms with Gasteiger partial charge in [-0.1, -0.05) is 5.92 Å².